The molecule has 3 rings (SSSR count). The molecule has 0 aliphatic carbocycles. The van der Waals surface area contributed by atoms with Crippen molar-refractivity contribution in [3.05, 3.63) is 82.9 Å². The second-order valence-corrected chi connectivity index (χ2v) is 7.31. The first kappa shape index (κ1) is 18.5. The molecule has 0 atom stereocenters. The van der Waals surface area contributed by atoms with Crippen LogP contribution in [0.2, 0.25) is 0 Å². The molecule has 0 amide bonds. The first-order chi connectivity index (χ1) is 12.8. The maximum atomic E-state index is 12.5. The summed E-state index contributed by atoms with van der Waals surface area (Å²) in [5.74, 6) is -2.07. The van der Waals surface area contributed by atoms with Gasteiger partial charge in [-0.15, -0.1) is 0 Å². The Labute approximate surface area is 158 Å². The molecule has 0 fully saturated rings. The predicted octanol–water partition coefficient (Wildman–Crippen LogP) is 4.33. The Morgan fingerprint density at radius 2 is 1.67 bits per heavy atom. The van der Waals surface area contributed by atoms with E-state index >= 15 is 0 Å². The average Bonchev–Trinajstić information content (AvgIpc) is 2.91. The monoisotopic (exact) mass is 363 g/mol. The van der Waals surface area contributed by atoms with Gasteiger partial charge in [-0.2, -0.15) is 0 Å². The second-order valence-electron chi connectivity index (χ2n) is 7.31. The number of Topliss-reactive ketones (excluding diaryl/α,β-unsaturated/α-hetero) is 1. The highest BCUT2D eigenvalue weighted by atomic mass is 16.5. The Hall–Kier alpha value is -3.34. The van der Waals surface area contributed by atoms with Gasteiger partial charge in [0, 0.05) is 5.69 Å². The molecular weight excluding hydrogens is 342 g/mol. The average molecular weight is 363 g/mol. The quantitative estimate of drug-likeness (QED) is 0.624. The van der Waals surface area contributed by atoms with Gasteiger partial charge in [0.1, 0.15) is 0 Å². The third kappa shape index (κ3) is 4.08. The first-order valence-corrected chi connectivity index (χ1v) is 8.60. The Kier molecular flexibility index (Phi) is 4.86. The van der Waals surface area contributed by atoms with Crippen LogP contribution in [0.25, 0.3) is 6.08 Å². The zero-order chi connectivity index (χ0) is 19.6. The van der Waals surface area contributed by atoms with Gasteiger partial charge in [-0.05, 0) is 34.8 Å². The topological polar surface area (TPSA) is 75.6 Å². The molecule has 138 valence electrons. The van der Waals surface area contributed by atoms with E-state index in [4.69, 9.17) is 4.74 Å². The SMILES string of the molecule is CC(C)(C)c1ccc(/C=C2\OC(Nc3ccccc3)=C(C(=O)O)C2=O)cc1. The molecule has 0 aromatic heterocycles. The zero-order valence-corrected chi connectivity index (χ0v) is 15.4. The fourth-order valence-electron chi connectivity index (χ4n) is 2.69. The lowest BCUT2D eigenvalue weighted by Gasteiger charge is -2.18. The predicted molar refractivity (Wildman–Crippen MR) is 104 cm³/mol. The van der Waals surface area contributed by atoms with Gasteiger partial charge in [0.25, 0.3) is 0 Å². The van der Waals surface area contributed by atoms with Crippen molar-refractivity contribution in [2.45, 2.75) is 26.2 Å². The number of allylic oxidation sites excluding steroid dienone is 1. The van der Waals surface area contributed by atoms with Crippen molar-refractivity contribution in [3.8, 4) is 0 Å². The van der Waals surface area contributed by atoms with Gasteiger partial charge in [0.15, 0.2) is 11.3 Å². The number of ether oxygens (including phenoxy) is 1. The summed E-state index contributed by atoms with van der Waals surface area (Å²) in [6, 6.07) is 16.7. The van der Waals surface area contributed by atoms with E-state index < -0.39 is 17.3 Å². The Bertz CT molecular complexity index is 933. The van der Waals surface area contributed by atoms with Crippen molar-refractivity contribution < 1.29 is 19.4 Å². The van der Waals surface area contributed by atoms with Crippen LogP contribution in [0.5, 0.6) is 0 Å². The van der Waals surface area contributed by atoms with Crippen LogP contribution in [0.15, 0.2) is 71.8 Å². The summed E-state index contributed by atoms with van der Waals surface area (Å²) in [5, 5.41) is 12.3. The summed E-state index contributed by atoms with van der Waals surface area (Å²) in [4.78, 5) is 24.0. The number of hydrogen-bond donors (Lipinski definition) is 2. The van der Waals surface area contributed by atoms with E-state index in [9.17, 15) is 14.7 Å². The first-order valence-electron chi connectivity index (χ1n) is 8.60. The van der Waals surface area contributed by atoms with E-state index in [0.717, 1.165) is 5.56 Å². The molecule has 0 saturated carbocycles. The minimum atomic E-state index is -1.33. The van der Waals surface area contributed by atoms with E-state index in [0.29, 0.717) is 5.69 Å². The molecule has 1 heterocycles. The summed E-state index contributed by atoms with van der Waals surface area (Å²) < 4.78 is 5.55. The number of ketones is 1. The molecule has 0 saturated heterocycles. The molecule has 2 aromatic rings. The van der Waals surface area contributed by atoms with Crippen molar-refractivity contribution >= 4 is 23.5 Å². The molecule has 2 N–H and O–H groups in total. The largest absolute Gasteiger partial charge is 0.477 e. The Morgan fingerprint density at radius 1 is 1.04 bits per heavy atom. The third-order valence-electron chi connectivity index (χ3n) is 4.21. The standard InChI is InChI=1S/C22H21NO4/c1-22(2,3)15-11-9-14(10-12-15)13-17-19(24)18(21(25)26)20(27-17)23-16-7-5-4-6-8-16/h4-13,23H,1-3H3,(H,25,26)/b17-13-. The van der Waals surface area contributed by atoms with Gasteiger partial charge in [-0.3, -0.25) is 4.79 Å². The van der Waals surface area contributed by atoms with Crippen molar-refractivity contribution in [2.75, 3.05) is 5.32 Å². The number of carbonyl (C=O) groups is 2. The number of aliphatic carboxylic acids is 1. The van der Waals surface area contributed by atoms with Crippen LogP contribution in [-0.2, 0) is 19.7 Å². The van der Waals surface area contributed by atoms with Gasteiger partial charge in [0.2, 0.25) is 11.7 Å². The second kappa shape index (κ2) is 7.11. The smallest absolute Gasteiger partial charge is 0.345 e. The van der Waals surface area contributed by atoms with Crippen LogP contribution in [0.1, 0.15) is 31.9 Å². The van der Waals surface area contributed by atoms with E-state index in [2.05, 4.69) is 26.1 Å². The van der Waals surface area contributed by atoms with Crippen molar-refractivity contribution in [3.63, 3.8) is 0 Å². The highest BCUT2D eigenvalue weighted by Gasteiger charge is 2.35. The molecule has 1 aliphatic rings. The highest BCUT2D eigenvalue weighted by molar-refractivity contribution is 6.26. The fraction of sp³-hybridized carbons (Fsp3) is 0.182. The lowest BCUT2D eigenvalue weighted by atomic mass is 9.86. The lowest BCUT2D eigenvalue weighted by Crippen LogP contribution is -2.12. The maximum Gasteiger partial charge on any atom is 0.345 e. The number of carboxylic acid groups (broad SMARTS) is 1. The van der Waals surface area contributed by atoms with Crippen LogP contribution < -0.4 is 5.32 Å². The van der Waals surface area contributed by atoms with E-state index in [-0.39, 0.29) is 17.1 Å². The Morgan fingerprint density at radius 3 is 2.22 bits per heavy atom. The summed E-state index contributed by atoms with van der Waals surface area (Å²) in [6.45, 7) is 6.36. The number of para-hydroxylation sites is 1. The van der Waals surface area contributed by atoms with E-state index in [1.54, 1.807) is 30.3 Å². The van der Waals surface area contributed by atoms with Crippen LogP contribution in [-0.4, -0.2) is 16.9 Å². The molecule has 0 spiro atoms. The number of hydrogen-bond acceptors (Lipinski definition) is 4. The molecule has 5 heteroatoms. The van der Waals surface area contributed by atoms with Gasteiger partial charge in [-0.1, -0.05) is 63.2 Å². The van der Waals surface area contributed by atoms with E-state index in [1.165, 1.54) is 5.56 Å². The summed E-state index contributed by atoms with van der Waals surface area (Å²) in [7, 11) is 0. The minimum Gasteiger partial charge on any atom is -0.477 e. The van der Waals surface area contributed by atoms with Crippen LogP contribution in [0.4, 0.5) is 5.69 Å². The zero-order valence-electron chi connectivity index (χ0n) is 15.4. The van der Waals surface area contributed by atoms with Crippen LogP contribution >= 0.6 is 0 Å². The lowest BCUT2D eigenvalue weighted by molar-refractivity contribution is -0.134. The molecule has 0 radical (unpaired) electrons. The molecule has 1 aliphatic heterocycles. The van der Waals surface area contributed by atoms with Crippen LogP contribution in [0.3, 0.4) is 0 Å². The maximum absolute atomic E-state index is 12.5. The molecule has 5 nitrogen and oxygen atoms in total. The Balaban J connectivity index is 1.87. The minimum absolute atomic E-state index is 0.0191. The van der Waals surface area contributed by atoms with Gasteiger partial charge < -0.3 is 15.2 Å². The summed E-state index contributed by atoms with van der Waals surface area (Å²) >= 11 is 0. The van der Waals surface area contributed by atoms with Gasteiger partial charge >= 0.3 is 5.97 Å². The molecule has 0 bridgehead atoms. The summed E-state index contributed by atoms with van der Waals surface area (Å²) in [6.07, 6.45) is 1.55. The molecule has 27 heavy (non-hydrogen) atoms. The van der Waals surface area contributed by atoms with Gasteiger partial charge in [-0.25, -0.2) is 4.79 Å². The normalized spacial score (nSPS) is 15.8. The number of carboxylic acids is 1. The summed E-state index contributed by atoms with van der Waals surface area (Å²) in [5.41, 5.74) is 2.18. The van der Waals surface area contributed by atoms with Gasteiger partial charge in [0.05, 0.1) is 0 Å². The fourth-order valence-corrected chi connectivity index (χ4v) is 2.69. The third-order valence-corrected chi connectivity index (χ3v) is 4.21. The number of nitrogens with one attached hydrogen (secondary N) is 1. The van der Waals surface area contributed by atoms with Crippen molar-refractivity contribution in [1.82, 2.24) is 0 Å². The number of rotatable bonds is 4. The highest BCUT2D eigenvalue weighted by Crippen LogP contribution is 2.29. The van der Waals surface area contributed by atoms with Crippen molar-refractivity contribution in [2.24, 2.45) is 0 Å². The number of carbonyl (C=O) groups excluding carboxylic acids is 1. The molecule has 0 unspecified atom stereocenters. The number of anilines is 1. The number of benzene rings is 2. The van der Waals surface area contributed by atoms with E-state index in [1.807, 2.05) is 30.3 Å². The van der Waals surface area contributed by atoms with Crippen molar-refractivity contribution in [1.29, 1.82) is 0 Å². The molecular formula is C22H21NO4. The van der Waals surface area contributed by atoms with Crippen LogP contribution in [0, 0.1) is 0 Å². The molecule has 2 aromatic carbocycles.